The molecule has 3 aromatic rings. The second-order valence-electron chi connectivity index (χ2n) is 8.52. The zero-order valence-electron chi connectivity index (χ0n) is 18.4. The number of aromatic nitrogens is 1. The summed E-state index contributed by atoms with van der Waals surface area (Å²) in [7, 11) is 0. The minimum absolute atomic E-state index is 0.0887. The minimum atomic E-state index is -0.383. The fourth-order valence-corrected chi connectivity index (χ4v) is 4.28. The third-order valence-electron chi connectivity index (χ3n) is 6.18. The van der Waals surface area contributed by atoms with E-state index in [1.54, 1.807) is 0 Å². The van der Waals surface area contributed by atoms with Crippen LogP contribution >= 0.6 is 0 Å². The highest BCUT2D eigenvalue weighted by atomic mass is 19.1. The molecule has 1 saturated heterocycles. The zero-order valence-corrected chi connectivity index (χ0v) is 18.4. The lowest BCUT2D eigenvalue weighted by atomic mass is 9.92. The molecule has 2 unspecified atom stereocenters. The van der Waals surface area contributed by atoms with Crippen LogP contribution in [-0.2, 0) is 12.8 Å². The molecule has 2 aromatic carbocycles. The van der Waals surface area contributed by atoms with Crippen LogP contribution in [0.15, 0.2) is 72.9 Å². The fraction of sp³-hybridized carbons (Fsp3) is 0.333. The van der Waals surface area contributed by atoms with Crippen molar-refractivity contribution in [2.45, 2.75) is 38.6 Å². The second-order valence-corrected chi connectivity index (χ2v) is 8.52. The van der Waals surface area contributed by atoms with Crippen molar-refractivity contribution in [2.75, 3.05) is 13.2 Å². The van der Waals surface area contributed by atoms with Gasteiger partial charge in [0, 0.05) is 30.1 Å². The summed E-state index contributed by atoms with van der Waals surface area (Å²) in [4.78, 5) is 19.5. The van der Waals surface area contributed by atoms with Gasteiger partial charge in [-0.1, -0.05) is 48.5 Å². The Morgan fingerprint density at radius 1 is 1.03 bits per heavy atom. The van der Waals surface area contributed by atoms with Crippen LogP contribution in [0, 0.1) is 11.7 Å². The van der Waals surface area contributed by atoms with Gasteiger partial charge in [0.2, 0.25) is 5.88 Å². The van der Waals surface area contributed by atoms with Crippen molar-refractivity contribution in [3.05, 3.63) is 95.4 Å². The molecule has 0 saturated carbocycles. The normalized spacial score (nSPS) is 18.4. The van der Waals surface area contributed by atoms with Crippen LogP contribution in [0.25, 0.3) is 0 Å². The monoisotopic (exact) mass is 432 g/mol. The molecule has 0 bridgehead atoms. The number of benzene rings is 2. The van der Waals surface area contributed by atoms with E-state index < -0.39 is 0 Å². The first-order valence-corrected chi connectivity index (χ1v) is 11.3. The topological polar surface area (TPSA) is 42.4 Å². The van der Waals surface area contributed by atoms with E-state index in [9.17, 15) is 9.18 Å². The molecule has 1 aliphatic rings. The molecule has 166 valence electrons. The Labute approximate surface area is 189 Å². The van der Waals surface area contributed by atoms with Gasteiger partial charge < -0.3 is 9.64 Å². The summed E-state index contributed by atoms with van der Waals surface area (Å²) in [5.41, 5.74) is 3.15. The fourth-order valence-electron chi connectivity index (χ4n) is 4.28. The summed E-state index contributed by atoms with van der Waals surface area (Å²) in [6, 6.07) is 21.4. The molecule has 0 spiro atoms. The Morgan fingerprint density at radius 3 is 2.59 bits per heavy atom. The second kappa shape index (κ2) is 10.4. The Morgan fingerprint density at radius 2 is 1.81 bits per heavy atom. The number of rotatable bonds is 7. The van der Waals surface area contributed by atoms with Crippen molar-refractivity contribution < 1.29 is 13.9 Å². The number of hydrogen-bond donors (Lipinski definition) is 0. The van der Waals surface area contributed by atoms with Crippen LogP contribution in [0.3, 0.4) is 0 Å². The largest absolute Gasteiger partial charge is 0.477 e. The predicted octanol–water partition coefficient (Wildman–Crippen LogP) is 5.33. The molecular weight excluding hydrogens is 403 g/mol. The van der Waals surface area contributed by atoms with Crippen molar-refractivity contribution in [2.24, 2.45) is 5.92 Å². The van der Waals surface area contributed by atoms with Crippen molar-refractivity contribution in [1.82, 2.24) is 9.88 Å². The van der Waals surface area contributed by atoms with E-state index in [1.165, 1.54) is 17.7 Å². The average Bonchev–Trinajstić information content (AvgIpc) is 2.83. The maximum Gasteiger partial charge on any atom is 0.254 e. The molecule has 32 heavy (non-hydrogen) atoms. The molecule has 0 aliphatic carbocycles. The van der Waals surface area contributed by atoms with Gasteiger partial charge >= 0.3 is 0 Å². The molecule has 4 rings (SSSR count). The Kier molecular flexibility index (Phi) is 7.15. The molecule has 0 radical (unpaired) electrons. The highest BCUT2D eigenvalue weighted by Crippen LogP contribution is 2.26. The Bertz CT molecular complexity index is 1020. The maximum atomic E-state index is 13.5. The number of hydrogen-bond acceptors (Lipinski definition) is 3. The van der Waals surface area contributed by atoms with E-state index in [-0.39, 0.29) is 23.7 Å². The van der Waals surface area contributed by atoms with Crippen LogP contribution in [-0.4, -0.2) is 35.0 Å². The number of nitrogens with zero attached hydrogens (tertiary/aromatic N) is 2. The van der Waals surface area contributed by atoms with E-state index in [0.29, 0.717) is 19.0 Å². The molecular formula is C27H29FN2O2. The van der Waals surface area contributed by atoms with Crippen molar-refractivity contribution in [3.8, 4) is 5.88 Å². The Hall–Kier alpha value is -3.21. The molecule has 1 fully saturated rings. The van der Waals surface area contributed by atoms with Crippen molar-refractivity contribution in [3.63, 3.8) is 0 Å². The zero-order chi connectivity index (χ0) is 22.3. The SMILES string of the molecule is CC1CCC(COc2ccc(F)cn2)CN1C(=O)c1ccccc1CCc1ccccc1. The molecule has 5 heteroatoms. The standard InChI is InChI=1S/C27H29FN2O2/c1-20-11-12-22(19-32-26-16-15-24(28)17-29-26)18-30(20)27(31)25-10-6-5-9-23(25)14-13-21-7-3-2-4-8-21/h2-10,15-17,20,22H,11-14,18-19H2,1H3. The van der Waals surface area contributed by atoms with Gasteiger partial charge in [-0.3, -0.25) is 4.79 Å². The summed E-state index contributed by atoms with van der Waals surface area (Å²) in [6.07, 6.45) is 4.81. The summed E-state index contributed by atoms with van der Waals surface area (Å²) in [5, 5.41) is 0. The van der Waals surface area contributed by atoms with Crippen LogP contribution in [0.2, 0.25) is 0 Å². The number of aryl methyl sites for hydroxylation is 2. The quantitative estimate of drug-likeness (QED) is 0.507. The summed E-state index contributed by atoms with van der Waals surface area (Å²) in [5.74, 6) is 0.338. The maximum absolute atomic E-state index is 13.5. The molecule has 2 atom stereocenters. The van der Waals surface area contributed by atoms with Crippen molar-refractivity contribution in [1.29, 1.82) is 0 Å². The van der Waals surface area contributed by atoms with E-state index in [1.807, 2.05) is 41.3 Å². The number of ether oxygens (including phenoxy) is 1. The molecule has 4 nitrogen and oxygen atoms in total. The first-order chi connectivity index (χ1) is 15.6. The summed E-state index contributed by atoms with van der Waals surface area (Å²) < 4.78 is 18.8. The van der Waals surface area contributed by atoms with Gasteiger partial charge in [-0.15, -0.1) is 0 Å². The lowest BCUT2D eigenvalue weighted by molar-refractivity contribution is 0.0501. The van der Waals surface area contributed by atoms with Gasteiger partial charge in [-0.25, -0.2) is 9.37 Å². The van der Waals surface area contributed by atoms with Crippen LogP contribution in [0.5, 0.6) is 5.88 Å². The molecule has 0 N–H and O–H groups in total. The summed E-state index contributed by atoms with van der Waals surface area (Å²) >= 11 is 0. The molecule has 1 aliphatic heterocycles. The van der Waals surface area contributed by atoms with Gasteiger partial charge in [-0.2, -0.15) is 0 Å². The highest BCUT2D eigenvalue weighted by Gasteiger charge is 2.30. The van der Waals surface area contributed by atoms with Gasteiger partial charge in [0.05, 0.1) is 12.8 Å². The highest BCUT2D eigenvalue weighted by molar-refractivity contribution is 5.96. The minimum Gasteiger partial charge on any atom is -0.477 e. The van der Waals surface area contributed by atoms with E-state index >= 15 is 0 Å². The third kappa shape index (κ3) is 5.52. The van der Waals surface area contributed by atoms with Crippen LogP contribution in [0.4, 0.5) is 4.39 Å². The smallest absolute Gasteiger partial charge is 0.254 e. The third-order valence-corrected chi connectivity index (χ3v) is 6.18. The van der Waals surface area contributed by atoms with Crippen LogP contribution in [0.1, 0.15) is 41.3 Å². The number of carbonyl (C=O) groups excluding carboxylic acids is 1. The predicted molar refractivity (Wildman–Crippen MR) is 123 cm³/mol. The first-order valence-electron chi connectivity index (χ1n) is 11.3. The van der Waals surface area contributed by atoms with E-state index in [2.05, 4.69) is 30.1 Å². The average molecular weight is 433 g/mol. The lowest BCUT2D eigenvalue weighted by Gasteiger charge is -2.38. The van der Waals surface area contributed by atoms with Crippen molar-refractivity contribution >= 4 is 5.91 Å². The molecule has 1 aromatic heterocycles. The number of piperidine rings is 1. The van der Waals surface area contributed by atoms with Gasteiger partial charge in [-0.05, 0) is 55.9 Å². The van der Waals surface area contributed by atoms with Gasteiger partial charge in [0.15, 0.2) is 0 Å². The van der Waals surface area contributed by atoms with E-state index in [0.717, 1.165) is 43.0 Å². The van der Waals surface area contributed by atoms with E-state index in [4.69, 9.17) is 4.74 Å². The van der Waals surface area contributed by atoms with Crippen LogP contribution < -0.4 is 4.74 Å². The lowest BCUT2D eigenvalue weighted by Crippen LogP contribution is -2.47. The number of amides is 1. The Balaban J connectivity index is 1.41. The number of likely N-dealkylation sites (tertiary alicyclic amines) is 1. The summed E-state index contributed by atoms with van der Waals surface area (Å²) in [6.45, 7) is 3.22. The number of carbonyl (C=O) groups is 1. The first kappa shape index (κ1) is 22.0. The van der Waals surface area contributed by atoms with Gasteiger partial charge in [0.25, 0.3) is 5.91 Å². The number of pyridine rings is 1. The van der Waals surface area contributed by atoms with Gasteiger partial charge in [0.1, 0.15) is 5.82 Å². The molecule has 2 heterocycles. The molecule has 1 amide bonds. The number of halogens is 1.